The van der Waals surface area contributed by atoms with Crippen LogP contribution in [0.5, 0.6) is 0 Å². The van der Waals surface area contributed by atoms with Crippen molar-refractivity contribution in [2.75, 3.05) is 18.0 Å². The number of amides is 1. The SMILES string of the molecule is CCC1CCN(c2nc(C(F)(F)F)ccc2C(N)=O)CC1. The summed E-state index contributed by atoms with van der Waals surface area (Å²) in [5, 5.41) is 0. The zero-order valence-corrected chi connectivity index (χ0v) is 11.8. The number of pyridine rings is 1. The van der Waals surface area contributed by atoms with Crippen molar-refractivity contribution in [1.82, 2.24) is 4.98 Å². The minimum Gasteiger partial charge on any atom is -0.365 e. The number of hydrogen-bond acceptors (Lipinski definition) is 3. The normalized spacial score (nSPS) is 17.0. The Morgan fingerprint density at radius 3 is 2.48 bits per heavy atom. The quantitative estimate of drug-likeness (QED) is 0.934. The van der Waals surface area contributed by atoms with Gasteiger partial charge in [0.2, 0.25) is 0 Å². The fourth-order valence-corrected chi connectivity index (χ4v) is 2.59. The Kier molecular flexibility index (Phi) is 4.39. The van der Waals surface area contributed by atoms with E-state index in [-0.39, 0.29) is 11.4 Å². The van der Waals surface area contributed by atoms with Gasteiger partial charge in [-0.25, -0.2) is 4.98 Å². The summed E-state index contributed by atoms with van der Waals surface area (Å²) in [4.78, 5) is 16.8. The third-order valence-corrected chi connectivity index (χ3v) is 3.92. The number of hydrogen-bond donors (Lipinski definition) is 1. The van der Waals surface area contributed by atoms with Crippen molar-refractivity contribution in [3.05, 3.63) is 23.4 Å². The lowest BCUT2D eigenvalue weighted by molar-refractivity contribution is -0.141. The predicted octanol–water partition coefficient (Wildman–Crippen LogP) is 2.83. The Morgan fingerprint density at radius 1 is 1.38 bits per heavy atom. The Balaban J connectivity index is 2.33. The average molecular weight is 301 g/mol. The van der Waals surface area contributed by atoms with E-state index in [4.69, 9.17) is 5.73 Å². The third kappa shape index (κ3) is 3.46. The zero-order valence-electron chi connectivity index (χ0n) is 11.8. The zero-order chi connectivity index (χ0) is 15.6. The molecule has 0 bridgehead atoms. The smallest absolute Gasteiger partial charge is 0.365 e. The molecule has 1 fully saturated rings. The largest absolute Gasteiger partial charge is 0.433 e. The van der Waals surface area contributed by atoms with Gasteiger partial charge in [0.05, 0.1) is 5.56 Å². The summed E-state index contributed by atoms with van der Waals surface area (Å²) in [5.41, 5.74) is 4.29. The van der Waals surface area contributed by atoms with Crippen molar-refractivity contribution < 1.29 is 18.0 Å². The highest BCUT2D eigenvalue weighted by Crippen LogP contribution is 2.32. The van der Waals surface area contributed by atoms with Gasteiger partial charge in [-0.1, -0.05) is 13.3 Å². The lowest BCUT2D eigenvalue weighted by Crippen LogP contribution is -2.36. The summed E-state index contributed by atoms with van der Waals surface area (Å²) in [7, 11) is 0. The Labute approximate surface area is 121 Å². The summed E-state index contributed by atoms with van der Waals surface area (Å²) in [6, 6.07) is 1.90. The number of nitrogens with two attached hydrogens (primary N) is 1. The molecule has 2 heterocycles. The van der Waals surface area contributed by atoms with Crippen molar-refractivity contribution in [2.45, 2.75) is 32.4 Å². The topological polar surface area (TPSA) is 59.2 Å². The molecule has 0 aromatic carbocycles. The predicted molar refractivity (Wildman–Crippen MR) is 73.0 cm³/mol. The van der Waals surface area contributed by atoms with Gasteiger partial charge < -0.3 is 10.6 Å². The average Bonchev–Trinajstić information content (AvgIpc) is 2.45. The van der Waals surface area contributed by atoms with Crippen LogP contribution in [0.2, 0.25) is 0 Å². The van der Waals surface area contributed by atoms with E-state index in [2.05, 4.69) is 11.9 Å². The molecule has 4 nitrogen and oxygen atoms in total. The minimum absolute atomic E-state index is 0.0398. The third-order valence-electron chi connectivity index (χ3n) is 3.92. The van der Waals surface area contributed by atoms with E-state index in [0.717, 1.165) is 31.4 Å². The van der Waals surface area contributed by atoms with Crippen molar-refractivity contribution in [1.29, 1.82) is 0 Å². The molecule has 1 saturated heterocycles. The van der Waals surface area contributed by atoms with E-state index in [1.165, 1.54) is 0 Å². The van der Waals surface area contributed by atoms with Crippen LogP contribution in [-0.2, 0) is 6.18 Å². The molecule has 0 aliphatic carbocycles. The summed E-state index contributed by atoms with van der Waals surface area (Å²) in [5.74, 6) is -0.139. The molecule has 1 aromatic heterocycles. The van der Waals surface area contributed by atoms with Crippen LogP contribution >= 0.6 is 0 Å². The summed E-state index contributed by atoms with van der Waals surface area (Å²) in [6.45, 7) is 3.28. The first-order valence-electron chi connectivity index (χ1n) is 6.96. The maximum absolute atomic E-state index is 12.8. The van der Waals surface area contributed by atoms with Gasteiger partial charge in [-0.15, -0.1) is 0 Å². The van der Waals surface area contributed by atoms with Crippen molar-refractivity contribution >= 4 is 11.7 Å². The van der Waals surface area contributed by atoms with E-state index < -0.39 is 17.8 Å². The van der Waals surface area contributed by atoms with E-state index >= 15 is 0 Å². The fraction of sp³-hybridized carbons (Fsp3) is 0.571. The standard InChI is InChI=1S/C14H18F3N3O/c1-2-9-5-7-20(8-6-9)13-10(12(18)21)3-4-11(19-13)14(15,16)17/h3-4,9H,2,5-8H2,1H3,(H2,18,21). The van der Waals surface area contributed by atoms with Crippen LogP contribution < -0.4 is 10.6 Å². The van der Waals surface area contributed by atoms with Crippen LogP contribution in [0, 0.1) is 5.92 Å². The second kappa shape index (κ2) is 5.91. The minimum atomic E-state index is -4.54. The number of nitrogens with zero attached hydrogens (tertiary/aromatic N) is 2. The second-order valence-corrected chi connectivity index (χ2v) is 5.27. The summed E-state index contributed by atoms with van der Waals surface area (Å²) >= 11 is 0. The van der Waals surface area contributed by atoms with Crippen LogP contribution in [0.4, 0.5) is 19.0 Å². The first-order valence-corrected chi connectivity index (χ1v) is 6.96. The molecule has 1 amide bonds. The highest BCUT2D eigenvalue weighted by atomic mass is 19.4. The molecule has 116 valence electrons. The van der Waals surface area contributed by atoms with Crippen molar-refractivity contribution in [2.24, 2.45) is 11.7 Å². The van der Waals surface area contributed by atoms with E-state index in [1.54, 1.807) is 4.90 Å². The Morgan fingerprint density at radius 2 is 2.00 bits per heavy atom. The fourth-order valence-electron chi connectivity index (χ4n) is 2.59. The van der Waals surface area contributed by atoms with Crippen LogP contribution in [0.1, 0.15) is 42.2 Å². The molecule has 0 saturated carbocycles. The molecule has 2 N–H and O–H groups in total. The summed E-state index contributed by atoms with van der Waals surface area (Å²) < 4.78 is 38.4. The molecule has 1 aliphatic heterocycles. The van der Waals surface area contributed by atoms with E-state index in [1.807, 2.05) is 0 Å². The van der Waals surface area contributed by atoms with Gasteiger partial charge in [0.15, 0.2) is 0 Å². The number of carbonyl (C=O) groups excluding carboxylic acids is 1. The lowest BCUT2D eigenvalue weighted by atomic mass is 9.94. The van der Waals surface area contributed by atoms with E-state index in [9.17, 15) is 18.0 Å². The maximum Gasteiger partial charge on any atom is 0.433 e. The van der Waals surface area contributed by atoms with Crippen LogP contribution in [-0.4, -0.2) is 24.0 Å². The van der Waals surface area contributed by atoms with Crippen LogP contribution in [0.3, 0.4) is 0 Å². The van der Waals surface area contributed by atoms with Gasteiger partial charge in [-0.2, -0.15) is 13.2 Å². The number of rotatable bonds is 3. The van der Waals surface area contributed by atoms with Crippen LogP contribution in [0.25, 0.3) is 0 Å². The molecule has 7 heteroatoms. The monoisotopic (exact) mass is 301 g/mol. The molecule has 0 radical (unpaired) electrons. The molecule has 0 unspecified atom stereocenters. The highest BCUT2D eigenvalue weighted by Gasteiger charge is 2.34. The number of halogens is 3. The number of alkyl halides is 3. The second-order valence-electron chi connectivity index (χ2n) is 5.27. The molecule has 1 aliphatic rings. The number of carbonyl (C=O) groups is 1. The molecular formula is C14H18F3N3O. The number of primary amides is 1. The number of anilines is 1. The van der Waals surface area contributed by atoms with Gasteiger partial charge >= 0.3 is 6.18 Å². The van der Waals surface area contributed by atoms with Gasteiger partial charge in [0, 0.05) is 13.1 Å². The Bertz CT molecular complexity index is 523. The first kappa shape index (κ1) is 15.6. The number of aromatic nitrogens is 1. The molecule has 1 aromatic rings. The van der Waals surface area contributed by atoms with Gasteiger partial charge in [0.25, 0.3) is 5.91 Å². The van der Waals surface area contributed by atoms with Crippen LogP contribution in [0.15, 0.2) is 12.1 Å². The molecule has 0 atom stereocenters. The summed E-state index contributed by atoms with van der Waals surface area (Å²) in [6.07, 6.45) is -1.72. The molecule has 2 rings (SSSR count). The first-order chi connectivity index (χ1) is 9.82. The van der Waals surface area contributed by atoms with Gasteiger partial charge in [-0.3, -0.25) is 4.79 Å². The number of piperidine rings is 1. The molecule has 0 spiro atoms. The lowest BCUT2D eigenvalue weighted by Gasteiger charge is -2.33. The van der Waals surface area contributed by atoms with Gasteiger partial charge in [-0.05, 0) is 30.9 Å². The van der Waals surface area contributed by atoms with Gasteiger partial charge in [0.1, 0.15) is 11.5 Å². The molecular weight excluding hydrogens is 283 g/mol. The molecule has 21 heavy (non-hydrogen) atoms. The van der Waals surface area contributed by atoms with Crippen molar-refractivity contribution in [3.8, 4) is 0 Å². The van der Waals surface area contributed by atoms with Crippen molar-refractivity contribution in [3.63, 3.8) is 0 Å². The highest BCUT2D eigenvalue weighted by molar-refractivity contribution is 5.97. The maximum atomic E-state index is 12.8. The van der Waals surface area contributed by atoms with E-state index in [0.29, 0.717) is 19.0 Å². The Hall–Kier alpha value is -1.79.